The Morgan fingerprint density at radius 2 is 0.754 bits per heavy atom. The Balaban J connectivity index is 1.04. The first-order valence-electron chi connectivity index (χ1n) is 21.1. The molecule has 12 rings (SSSR count). The normalized spacial score (nSPS) is 20.3. The number of fused-ring (bicyclic) bond motifs is 10. The maximum atomic E-state index is 5.37. The molecule has 2 aliphatic heterocycles. The van der Waals surface area contributed by atoms with Crippen molar-refractivity contribution in [3.8, 4) is 22.3 Å². The zero-order valence-corrected chi connectivity index (χ0v) is 33.3. The minimum Gasteiger partial charge on any atom is -0.350 e. The van der Waals surface area contributed by atoms with Gasteiger partial charge in [0.05, 0.1) is 5.41 Å². The minimum absolute atomic E-state index is 0.133. The summed E-state index contributed by atoms with van der Waals surface area (Å²) in [6.45, 7) is 0. The molecule has 2 aliphatic carbocycles. The van der Waals surface area contributed by atoms with Crippen LogP contribution in [0.4, 0.5) is 0 Å². The van der Waals surface area contributed by atoms with Crippen LogP contribution in [0.5, 0.6) is 0 Å². The Bertz CT molecular complexity index is 2950. The molecule has 6 nitrogen and oxygen atoms in total. The molecule has 0 radical (unpaired) electrons. The zero-order chi connectivity index (χ0) is 40.3. The number of nitrogens with zero attached hydrogens (tertiary/aromatic N) is 2. The SMILES string of the molecule is c1ccc(C2=NC(c3ccc4c(c3)-c3cc(C5=NC(c6ccccc6)NC(c6ccccc6)N5)ccc3C43c4ccccc4-c4ccccc43)NC(c3ccccc3)N2)cc1. The molecule has 4 unspecified atom stereocenters. The number of benzene rings is 8. The van der Waals surface area contributed by atoms with E-state index in [1.54, 1.807) is 0 Å². The number of hydrogen-bond acceptors (Lipinski definition) is 6. The maximum Gasteiger partial charge on any atom is 0.131 e. The summed E-state index contributed by atoms with van der Waals surface area (Å²) in [5.41, 5.74) is 16.3. The van der Waals surface area contributed by atoms with Crippen LogP contribution >= 0.6 is 0 Å². The lowest BCUT2D eigenvalue weighted by molar-refractivity contribution is 0.409. The largest absolute Gasteiger partial charge is 0.350 e. The molecule has 61 heavy (non-hydrogen) atoms. The average Bonchev–Trinajstić information content (AvgIpc) is 3.81. The van der Waals surface area contributed by atoms with Crippen LogP contribution in [0.25, 0.3) is 22.3 Å². The van der Waals surface area contributed by atoms with E-state index in [-0.39, 0.29) is 24.7 Å². The third-order valence-electron chi connectivity index (χ3n) is 12.9. The quantitative estimate of drug-likeness (QED) is 0.135. The van der Waals surface area contributed by atoms with Gasteiger partial charge in [-0.1, -0.05) is 194 Å². The standard InChI is InChI=1S/C55H42N6/c1-5-17-35(18-6-1)49-56-50(36-19-7-2-8-20-36)59-53(58-49)39-29-31-47-43(33-39)44-34-40(30-32-48(44)55(47)45-27-15-13-25-41(45)42-26-14-16-28-46(42)55)54-60-51(37-21-9-3-10-22-37)57-52(61-54)38-23-11-4-12-24-38/h1-34,49-51,54,56,60H,(H,57,61)(H,58,59). The number of rotatable bonds is 6. The third-order valence-corrected chi connectivity index (χ3v) is 12.9. The Morgan fingerprint density at radius 3 is 1.33 bits per heavy atom. The molecular weight excluding hydrogens is 745 g/mol. The second-order valence-electron chi connectivity index (χ2n) is 16.3. The van der Waals surface area contributed by atoms with Gasteiger partial charge in [-0.15, -0.1) is 0 Å². The maximum absolute atomic E-state index is 5.37. The van der Waals surface area contributed by atoms with Crippen molar-refractivity contribution < 1.29 is 0 Å². The van der Waals surface area contributed by atoms with E-state index in [1.165, 1.54) is 44.5 Å². The highest BCUT2D eigenvalue weighted by atomic mass is 15.3. The van der Waals surface area contributed by atoms with E-state index < -0.39 is 5.41 Å². The van der Waals surface area contributed by atoms with E-state index in [4.69, 9.17) is 9.98 Å². The fourth-order valence-corrected chi connectivity index (χ4v) is 10.1. The van der Waals surface area contributed by atoms with Gasteiger partial charge < -0.3 is 10.6 Å². The van der Waals surface area contributed by atoms with Crippen molar-refractivity contribution in [1.82, 2.24) is 21.3 Å². The van der Waals surface area contributed by atoms with Gasteiger partial charge >= 0.3 is 0 Å². The summed E-state index contributed by atoms with van der Waals surface area (Å²) < 4.78 is 0. The van der Waals surface area contributed by atoms with E-state index in [1.807, 2.05) is 6.07 Å². The van der Waals surface area contributed by atoms with E-state index >= 15 is 0 Å². The van der Waals surface area contributed by atoms with Crippen LogP contribution in [0.15, 0.2) is 216 Å². The molecule has 8 aromatic carbocycles. The second-order valence-corrected chi connectivity index (χ2v) is 16.3. The van der Waals surface area contributed by atoms with E-state index in [9.17, 15) is 0 Å². The lowest BCUT2D eigenvalue weighted by Crippen LogP contribution is -2.45. The molecule has 6 heteroatoms. The van der Waals surface area contributed by atoms with Crippen LogP contribution in [-0.4, -0.2) is 11.7 Å². The summed E-state index contributed by atoms with van der Waals surface area (Å²) in [6, 6.07) is 74.1. The molecule has 8 aromatic rings. The van der Waals surface area contributed by atoms with Gasteiger partial charge in [0.1, 0.15) is 36.3 Å². The first kappa shape index (κ1) is 35.6. The van der Waals surface area contributed by atoms with Crippen molar-refractivity contribution in [3.63, 3.8) is 0 Å². The molecule has 1 spiro atoms. The summed E-state index contributed by atoms with van der Waals surface area (Å²) in [7, 11) is 0. The molecule has 0 amide bonds. The van der Waals surface area contributed by atoms with E-state index in [0.717, 1.165) is 45.1 Å². The summed E-state index contributed by atoms with van der Waals surface area (Å²) in [5, 5.41) is 15.1. The van der Waals surface area contributed by atoms with E-state index in [0.29, 0.717) is 0 Å². The Morgan fingerprint density at radius 1 is 0.328 bits per heavy atom. The summed E-state index contributed by atoms with van der Waals surface area (Å²) in [4.78, 5) is 10.7. The second kappa shape index (κ2) is 14.4. The van der Waals surface area contributed by atoms with Crippen molar-refractivity contribution in [2.75, 3.05) is 0 Å². The van der Waals surface area contributed by atoms with Gasteiger partial charge in [0.2, 0.25) is 0 Å². The number of amidine groups is 2. The number of hydrogen-bond donors (Lipinski definition) is 4. The van der Waals surface area contributed by atoms with Crippen LogP contribution in [-0.2, 0) is 5.41 Å². The van der Waals surface area contributed by atoms with E-state index in [2.05, 4.69) is 221 Å². The molecule has 0 fully saturated rings. The predicted octanol–water partition coefficient (Wildman–Crippen LogP) is 10.7. The van der Waals surface area contributed by atoms with Crippen LogP contribution in [0.1, 0.15) is 80.3 Å². The highest BCUT2D eigenvalue weighted by Crippen LogP contribution is 2.63. The Labute approximate surface area is 355 Å². The summed E-state index contributed by atoms with van der Waals surface area (Å²) in [6.07, 6.45) is -0.793. The number of aliphatic imine (C=N–C) groups is 2. The van der Waals surface area contributed by atoms with Crippen LogP contribution in [0.2, 0.25) is 0 Å². The molecule has 0 saturated carbocycles. The van der Waals surface area contributed by atoms with Crippen LogP contribution < -0.4 is 21.3 Å². The molecule has 0 saturated heterocycles. The van der Waals surface area contributed by atoms with Gasteiger partial charge in [-0.25, -0.2) is 9.98 Å². The monoisotopic (exact) mass is 786 g/mol. The van der Waals surface area contributed by atoms with Gasteiger partial charge in [0.25, 0.3) is 0 Å². The minimum atomic E-state index is -0.482. The summed E-state index contributed by atoms with van der Waals surface area (Å²) in [5.74, 6) is 1.73. The zero-order valence-electron chi connectivity index (χ0n) is 33.3. The van der Waals surface area contributed by atoms with Gasteiger partial charge in [-0.2, -0.15) is 0 Å². The molecule has 0 aromatic heterocycles. The lowest BCUT2D eigenvalue weighted by atomic mass is 9.70. The first-order valence-corrected chi connectivity index (χ1v) is 21.1. The Kier molecular flexibility index (Phi) is 8.40. The van der Waals surface area contributed by atoms with Crippen molar-refractivity contribution in [3.05, 3.63) is 262 Å². The third kappa shape index (κ3) is 5.79. The van der Waals surface area contributed by atoms with Gasteiger partial charge in [0.15, 0.2) is 0 Å². The molecule has 4 N–H and O–H groups in total. The predicted molar refractivity (Wildman–Crippen MR) is 245 cm³/mol. The number of nitrogens with one attached hydrogen (secondary N) is 4. The van der Waals surface area contributed by atoms with Crippen molar-refractivity contribution in [1.29, 1.82) is 0 Å². The fourth-order valence-electron chi connectivity index (χ4n) is 10.1. The van der Waals surface area contributed by atoms with Crippen LogP contribution in [0.3, 0.4) is 0 Å². The van der Waals surface area contributed by atoms with Gasteiger partial charge in [0, 0.05) is 11.1 Å². The smallest absolute Gasteiger partial charge is 0.131 e. The highest BCUT2D eigenvalue weighted by molar-refractivity contribution is 6.03. The average molecular weight is 787 g/mol. The molecular formula is C55H42N6. The highest BCUT2D eigenvalue weighted by Gasteiger charge is 2.52. The van der Waals surface area contributed by atoms with Crippen molar-refractivity contribution >= 4 is 11.7 Å². The molecule has 4 aliphatic rings. The fraction of sp³-hybridized carbons (Fsp3) is 0.0909. The van der Waals surface area contributed by atoms with Crippen molar-refractivity contribution in [2.45, 2.75) is 30.1 Å². The van der Waals surface area contributed by atoms with Crippen molar-refractivity contribution in [2.24, 2.45) is 9.98 Å². The molecule has 4 atom stereocenters. The molecule has 292 valence electrons. The van der Waals surface area contributed by atoms with Gasteiger partial charge in [-0.3, -0.25) is 10.6 Å². The van der Waals surface area contributed by atoms with Crippen LogP contribution in [0, 0.1) is 0 Å². The van der Waals surface area contributed by atoms with Gasteiger partial charge in [-0.05, 0) is 78.9 Å². The molecule has 2 heterocycles. The molecule has 0 bridgehead atoms. The Hall–Kier alpha value is -7.38. The first-order chi connectivity index (χ1) is 30.2. The topological polar surface area (TPSA) is 72.8 Å². The lowest BCUT2D eigenvalue weighted by Gasteiger charge is -2.33. The summed E-state index contributed by atoms with van der Waals surface area (Å²) >= 11 is 0.